The van der Waals surface area contributed by atoms with Crippen LogP contribution in [-0.4, -0.2) is 40.8 Å². The maximum Gasteiger partial charge on any atom is 0.557 e. The van der Waals surface area contributed by atoms with Crippen LogP contribution in [0.3, 0.4) is 0 Å². The van der Waals surface area contributed by atoms with Crippen molar-refractivity contribution in [2.45, 2.75) is 11.0 Å². The first-order chi connectivity index (χ1) is 6.97. The van der Waals surface area contributed by atoms with E-state index in [1.54, 1.807) is 0 Å². The molecule has 0 aromatic carbocycles. The van der Waals surface area contributed by atoms with Crippen LogP contribution >= 0.6 is 15.9 Å². The van der Waals surface area contributed by atoms with E-state index in [4.69, 9.17) is 4.74 Å². The number of alkyl halides is 1. The van der Waals surface area contributed by atoms with Crippen LogP contribution in [0.15, 0.2) is 0 Å². The second kappa shape index (κ2) is 4.81. The van der Waals surface area contributed by atoms with Gasteiger partial charge in [0, 0.05) is 6.42 Å². The summed E-state index contributed by atoms with van der Waals surface area (Å²) in [6, 6.07) is 0. The Morgan fingerprint density at radius 3 is 2.40 bits per heavy atom. The third-order valence-corrected chi connectivity index (χ3v) is 3.02. The van der Waals surface area contributed by atoms with Crippen LogP contribution in [0.4, 0.5) is 0 Å². The Bertz CT molecular complexity index is 253. The number of nitrogens with one attached hydrogen (secondary N) is 1. The second-order valence-electron chi connectivity index (χ2n) is 3.32. The smallest absolute Gasteiger partial charge is 0.332 e. The highest BCUT2D eigenvalue weighted by molar-refractivity contribution is 9.09. The van der Waals surface area contributed by atoms with E-state index in [9.17, 15) is 20.2 Å². The number of hydrogen-bond donors (Lipinski definition) is 1. The van der Waals surface area contributed by atoms with Crippen molar-refractivity contribution in [1.29, 1.82) is 0 Å². The summed E-state index contributed by atoms with van der Waals surface area (Å²) in [5, 5.41) is 21.2. The number of halogens is 1. The summed E-state index contributed by atoms with van der Waals surface area (Å²) in [6.45, 7) is 1.30. The van der Waals surface area contributed by atoms with Crippen LogP contribution in [0.1, 0.15) is 6.42 Å². The third-order valence-electron chi connectivity index (χ3n) is 2.16. The minimum atomic E-state index is -2.30. The fourth-order valence-corrected chi connectivity index (χ4v) is 1.76. The van der Waals surface area contributed by atoms with Crippen molar-refractivity contribution in [3.05, 3.63) is 20.2 Å². The topological polar surface area (TPSA) is 100.0 Å². The SMILES string of the molecule is O=[N+]([O-])C(Br)(C[NH+]1CCCOC1)[N+](=O)[O-]. The Morgan fingerprint density at radius 2 is 2.00 bits per heavy atom. The summed E-state index contributed by atoms with van der Waals surface area (Å²) < 4.78 is 2.78. The first-order valence-electron chi connectivity index (χ1n) is 4.36. The lowest BCUT2D eigenvalue weighted by Crippen LogP contribution is -3.15. The van der Waals surface area contributed by atoms with Crippen molar-refractivity contribution in [1.82, 2.24) is 0 Å². The van der Waals surface area contributed by atoms with Gasteiger partial charge in [0.25, 0.3) is 0 Å². The van der Waals surface area contributed by atoms with Crippen LogP contribution in [-0.2, 0) is 4.74 Å². The molecule has 1 N–H and O–H groups in total. The monoisotopic (exact) mass is 284 g/mol. The molecule has 0 radical (unpaired) electrons. The van der Waals surface area contributed by atoms with Crippen LogP contribution < -0.4 is 4.90 Å². The Kier molecular flexibility index (Phi) is 3.94. The summed E-state index contributed by atoms with van der Waals surface area (Å²) in [5.74, 6) is 0. The Balaban J connectivity index is 2.65. The molecule has 0 aliphatic carbocycles. The van der Waals surface area contributed by atoms with Crippen molar-refractivity contribution in [3.63, 3.8) is 0 Å². The Labute approximate surface area is 93.6 Å². The molecule has 1 saturated heterocycles. The van der Waals surface area contributed by atoms with E-state index in [-0.39, 0.29) is 13.3 Å². The summed E-state index contributed by atoms with van der Waals surface area (Å²) in [5.41, 5.74) is 0. The summed E-state index contributed by atoms with van der Waals surface area (Å²) in [4.78, 5) is 20.1. The molecular formula is C6H11BrN3O5+. The summed E-state index contributed by atoms with van der Waals surface area (Å²) >= 11 is 2.58. The molecule has 1 heterocycles. The van der Waals surface area contributed by atoms with E-state index in [0.29, 0.717) is 18.1 Å². The van der Waals surface area contributed by atoms with Crippen molar-refractivity contribution in [2.24, 2.45) is 0 Å². The molecule has 0 bridgehead atoms. The molecule has 9 heteroatoms. The van der Waals surface area contributed by atoms with Gasteiger partial charge >= 0.3 is 4.57 Å². The number of nitrogens with zero attached hydrogens (tertiary/aromatic N) is 2. The van der Waals surface area contributed by atoms with E-state index >= 15 is 0 Å². The van der Waals surface area contributed by atoms with Crippen LogP contribution in [0.2, 0.25) is 0 Å². The average molecular weight is 285 g/mol. The van der Waals surface area contributed by atoms with Crippen LogP contribution in [0, 0.1) is 20.2 Å². The lowest BCUT2D eigenvalue weighted by atomic mass is 10.3. The largest absolute Gasteiger partial charge is 0.557 e. The zero-order chi connectivity index (χ0) is 11.5. The minimum Gasteiger partial charge on any atom is -0.332 e. The second-order valence-corrected chi connectivity index (χ2v) is 4.59. The zero-order valence-corrected chi connectivity index (χ0v) is 9.44. The molecule has 0 saturated carbocycles. The molecule has 1 atom stereocenters. The van der Waals surface area contributed by atoms with E-state index in [0.717, 1.165) is 6.42 Å². The maximum absolute atomic E-state index is 10.6. The molecule has 1 fully saturated rings. The van der Waals surface area contributed by atoms with Crippen LogP contribution in [0.25, 0.3) is 0 Å². The first-order valence-corrected chi connectivity index (χ1v) is 5.15. The van der Waals surface area contributed by atoms with Crippen molar-refractivity contribution < 1.29 is 19.5 Å². The summed E-state index contributed by atoms with van der Waals surface area (Å²) in [7, 11) is 0. The van der Waals surface area contributed by atoms with Gasteiger partial charge in [0.1, 0.15) is 25.8 Å². The molecule has 15 heavy (non-hydrogen) atoms. The van der Waals surface area contributed by atoms with Gasteiger partial charge in [0.15, 0.2) is 6.73 Å². The van der Waals surface area contributed by atoms with Gasteiger partial charge in [0.2, 0.25) is 6.54 Å². The molecule has 0 aromatic rings. The highest BCUT2D eigenvalue weighted by atomic mass is 79.9. The van der Waals surface area contributed by atoms with Gasteiger partial charge in [-0.15, -0.1) is 0 Å². The van der Waals surface area contributed by atoms with Gasteiger partial charge in [-0.3, -0.25) is 25.1 Å². The maximum atomic E-state index is 10.6. The predicted octanol–water partition coefficient (Wildman–Crippen LogP) is -1.15. The first kappa shape index (κ1) is 12.3. The molecule has 0 aromatic heterocycles. The highest BCUT2D eigenvalue weighted by Crippen LogP contribution is 2.17. The Morgan fingerprint density at radius 1 is 1.40 bits per heavy atom. The molecular weight excluding hydrogens is 274 g/mol. The highest BCUT2D eigenvalue weighted by Gasteiger charge is 2.57. The molecule has 1 unspecified atom stereocenters. The average Bonchev–Trinajstić information content (AvgIpc) is 2.18. The molecule has 8 nitrogen and oxygen atoms in total. The number of hydrogen-bond acceptors (Lipinski definition) is 5. The quantitative estimate of drug-likeness (QED) is 0.231. The van der Waals surface area contributed by atoms with Crippen molar-refractivity contribution in [2.75, 3.05) is 26.4 Å². The lowest BCUT2D eigenvalue weighted by molar-refractivity contribution is -0.960. The number of rotatable bonds is 4. The molecule has 0 amide bonds. The van der Waals surface area contributed by atoms with E-state index in [1.807, 2.05) is 0 Å². The summed E-state index contributed by atoms with van der Waals surface area (Å²) in [6.07, 6.45) is 0.758. The normalized spacial score (nSPS) is 22.3. The Hall–Kier alpha value is -0.800. The fraction of sp³-hybridized carbons (Fsp3) is 1.00. The van der Waals surface area contributed by atoms with Gasteiger partial charge < -0.3 is 4.74 Å². The predicted molar refractivity (Wildman–Crippen MR) is 51.8 cm³/mol. The standard InChI is InChI=1S/C6H10BrN3O5/c7-6(9(11)12,10(13)14)4-8-2-1-3-15-5-8/h1-5H2/p+1. The van der Waals surface area contributed by atoms with Gasteiger partial charge in [-0.1, -0.05) is 0 Å². The van der Waals surface area contributed by atoms with Gasteiger partial charge in [-0.05, 0) is 0 Å². The fourth-order valence-electron chi connectivity index (χ4n) is 1.37. The molecule has 1 rings (SSSR count). The zero-order valence-electron chi connectivity index (χ0n) is 7.85. The molecule has 1 aliphatic heterocycles. The number of quaternary nitrogens is 1. The number of ether oxygens (including phenoxy) is 1. The van der Waals surface area contributed by atoms with Crippen molar-refractivity contribution in [3.8, 4) is 0 Å². The molecule has 1 aliphatic rings. The lowest BCUT2D eigenvalue weighted by Gasteiger charge is -2.24. The van der Waals surface area contributed by atoms with E-state index in [2.05, 4.69) is 15.9 Å². The van der Waals surface area contributed by atoms with Gasteiger partial charge in [-0.2, -0.15) is 0 Å². The van der Waals surface area contributed by atoms with Gasteiger partial charge in [-0.25, -0.2) is 0 Å². The number of nitro groups is 2. The van der Waals surface area contributed by atoms with Crippen LogP contribution in [0.5, 0.6) is 0 Å². The molecule has 0 spiro atoms. The van der Waals surface area contributed by atoms with Crippen molar-refractivity contribution >= 4 is 15.9 Å². The third kappa shape index (κ3) is 2.83. The molecule has 86 valence electrons. The van der Waals surface area contributed by atoms with E-state index in [1.165, 1.54) is 0 Å². The van der Waals surface area contributed by atoms with E-state index < -0.39 is 14.4 Å². The van der Waals surface area contributed by atoms with Gasteiger partial charge in [0.05, 0.1) is 13.2 Å². The minimum absolute atomic E-state index is 0.229.